The molecule has 11 heteroatoms. The maximum Gasteiger partial charge on any atom is 0.242 e. The normalized spacial score (nSPS) is 12.6. The summed E-state index contributed by atoms with van der Waals surface area (Å²) in [5.74, 6) is -1.15. The standard InChI is InChI=1S/C42H54N8O3/c1-46-24-8-9-25-47-41(53)38(28-31-18-22-35(23-19-31)33-13-6-3-7-14-33)50-39(51)29-36(15-10-26-48-42(44)45)49-40(52)37(43)27-30-16-20-34(21-17-30)32-11-4-2-5-12-32/h2-7,11-14,16-23,36-38,46H,8-10,15,24-29,43H2,1H3,(H,47,53)(H,49,52)(H,50,51)(H4,44,45,48)/t36-,37-,38-/m0/s1. The third kappa shape index (κ3) is 14.2. The van der Waals surface area contributed by atoms with E-state index < -0.39 is 18.1 Å². The molecule has 0 spiro atoms. The van der Waals surface area contributed by atoms with Crippen LogP contribution in [-0.2, 0) is 27.2 Å². The number of nitrogens with two attached hydrogens (primary N) is 2. The van der Waals surface area contributed by atoms with Gasteiger partial charge < -0.3 is 38.1 Å². The van der Waals surface area contributed by atoms with Crippen molar-refractivity contribution in [3.63, 3.8) is 0 Å². The number of amides is 3. The van der Waals surface area contributed by atoms with E-state index in [1.165, 1.54) is 0 Å². The lowest BCUT2D eigenvalue weighted by Gasteiger charge is -2.23. The van der Waals surface area contributed by atoms with Crippen molar-refractivity contribution in [3.8, 4) is 22.3 Å². The zero-order valence-electron chi connectivity index (χ0n) is 30.6. The highest BCUT2D eigenvalue weighted by Gasteiger charge is 2.25. The first-order valence-corrected chi connectivity index (χ1v) is 18.4. The molecule has 0 unspecified atom stereocenters. The molecule has 4 aromatic rings. The van der Waals surface area contributed by atoms with E-state index >= 15 is 0 Å². The van der Waals surface area contributed by atoms with E-state index in [0.29, 0.717) is 38.8 Å². The molecule has 10 N–H and O–H groups in total. The lowest BCUT2D eigenvalue weighted by atomic mass is 9.99. The molecule has 3 atom stereocenters. The Hall–Kier alpha value is -5.52. The summed E-state index contributed by atoms with van der Waals surface area (Å²) < 4.78 is 0. The molecule has 4 rings (SSSR count). The van der Waals surface area contributed by atoms with E-state index in [1.807, 2.05) is 116 Å². The molecule has 0 aliphatic rings. The Morgan fingerprint density at radius 1 is 0.623 bits per heavy atom. The number of carbonyl (C=O) groups is 3. The molecule has 280 valence electrons. The first-order chi connectivity index (χ1) is 25.7. The number of hydrogen-bond donors (Lipinski definition) is 8. The highest BCUT2D eigenvalue weighted by Crippen LogP contribution is 2.21. The molecule has 11 nitrogen and oxygen atoms in total. The second-order valence-electron chi connectivity index (χ2n) is 13.3. The average molecular weight is 719 g/mol. The summed E-state index contributed by atoms with van der Waals surface area (Å²) in [6.45, 7) is 1.75. The molecule has 0 radical (unpaired) electrons. The van der Waals surface area contributed by atoms with Crippen LogP contribution in [0.25, 0.3) is 22.3 Å². The van der Waals surface area contributed by atoms with Crippen molar-refractivity contribution in [2.75, 3.05) is 26.7 Å². The number of benzene rings is 4. The largest absolute Gasteiger partial charge is 0.370 e. The summed E-state index contributed by atoms with van der Waals surface area (Å²) in [7, 11) is 1.89. The summed E-state index contributed by atoms with van der Waals surface area (Å²) in [5, 5.41) is 22.2. The molecular formula is C42H54N8O3. The van der Waals surface area contributed by atoms with Gasteiger partial charge in [0.2, 0.25) is 17.7 Å². The Kier molecular flexibility index (Phi) is 16.5. The van der Waals surface area contributed by atoms with Gasteiger partial charge in [0.1, 0.15) is 6.04 Å². The van der Waals surface area contributed by atoms with Crippen molar-refractivity contribution >= 4 is 23.7 Å². The highest BCUT2D eigenvalue weighted by atomic mass is 16.2. The first-order valence-electron chi connectivity index (χ1n) is 18.4. The van der Waals surface area contributed by atoms with E-state index in [2.05, 4.69) is 26.6 Å². The molecule has 0 bridgehead atoms. The SMILES string of the molecule is CNCCCCNC(=O)[C@H](Cc1ccc(-c2ccccc2)cc1)NC(=O)C[C@H](CCCNC(=N)N)NC(=O)[C@@H](N)Cc1ccc(-c2ccccc2)cc1. The topological polar surface area (TPSA) is 187 Å². The van der Waals surface area contributed by atoms with Gasteiger partial charge in [-0.2, -0.15) is 0 Å². The smallest absolute Gasteiger partial charge is 0.242 e. The fourth-order valence-electron chi connectivity index (χ4n) is 6.06. The molecule has 0 fully saturated rings. The zero-order chi connectivity index (χ0) is 37.8. The summed E-state index contributed by atoms with van der Waals surface area (Å²) in [6.07, 6.45) is 3.26. The maximum absolute atomic E-state index is 13.6. The molecular weight excluding hydrogens is 665 g/mol. The lowest BCUT2D eigenvalue weighted by Crippen LogP contribution is -2.51. The lowest BCUT2D eigenvalue weighted by molar-refractivity contribution is -0.129. The van der Waals surface area contributed by atoms with Crippen LogP contribution in [0.5, 0.6) is 0 Å². The van der Waals surface area contributed by atoms with Crippen LogP contribution in [-0.4, -0.2) is 68.5 Å². The van der Waals surface area contributed by atoms with E-state index in [0.717, 1.165) is 52.8 Å². The van der Waals surface area contributed by atoms with Gasteiger partial charge in [-0.1, -0.05) is 109 Å². The van der Waals surface area contributed by atoms with Crippen LogP contribution in [0, 0.1) is 5.41 Å². The van der Waals surface area contributed by atoms with Crippen molar-refractivity contribution in [2.24, 2.45) is 11.5 Å². The Bertz CT molecular complexity index is 1720. The second-order valence-corrected chi connectivity index (χ2v) is 13.3. The molecule has 53 heavy (non-hydrogen) atoms. The third-order valence-corrected chi connectivity index (χ3v) is 8.98. The molecule has 4 aromatic carbocycles. The Labute approximate surface area is 313 Å². The minimum Gasteiger partial charge on any atom is -0.370 e. The van der Waals surface area contributed by atoms with E-state index in [-0.39, 0.29) is 30.1 Å². The van der Waals surface area contributed by atoms with Crippen molar-refractivity contribution in [3.05, 3.63) is 120 Å². The van der Waals surface area contributed by atoms with Crippen molar-refractivity contribution in [2.45, 2.75) is 63.1 Å². The van der Waals surface area contributed by atoms with Gasteiger partial charge in [0.05, 0.1) is 6.04 Å². The van der Waals surface area contributed by atoms with Crippen molar-refractivity contribution in [1.29, 1.82) is 5.41 Å². The van der Waals surface area contributed by atoms with Crippen molar-refractivity contribution in [1.82, 2.24) is 26.6 Å². The van der Waals surface area contributed by atoms with Crippen LogP contribution >= 0.6 is 0 Å². The number of rotatable bonds is 21. The van der Waals surface area contributed by atoms with E-state index in [9.17, 15) is 14.4 Å². The van der Waals surface area contributed by atoms with Gasteiger partial charge in [0.15, 0.2) is 5.96 Å². The Morgan fingerprint density at radius 2 is 1.13 bits per heavy atom. The average Bonchev–Trinajstić information content (AvgIpc) is 3.17. The van der Waals surface area contributed by atoms with Gasteiger partial charge in [-0.15, -0.1) is 0 Å². The van der Waals surface area contributed by atoms with Gasteiger partial charge in [-0.3, -0.25) is 19.8 Å². The van der Waals surface area contributed by atoms with Crippen molar-refractivity contribution < 1.29 is 14.4 Å². The molecule has 0 aliphatic heterocycles. The third-order valence-electron chi connectivity index (χ3n) is 8.98. The molecule has 0 saturated carbocycles. The minimum atomic E-state index is -0.834. The summed E-state index contributed by atoms with van der Waals surface area (Å²) >= 11 is 0. The minimum absolute atomic E-state index is 0.0524. The Morgan fingerprint density at radius 3 is 1.68 bits per heavy atom. The van der Waals surface area contributed by atoms with Crippen LogP contribution in [0.3, 0.4) is 0 Å². The van der Waals surface area contributed by atoms with Gasteiger partial charge >= 0.3 is 0 Å². The monoisotopic (exact) mass is 718 g/mol. The fraction of sp³-hybridized carbons (Fsp3) is 0.333. The number of carbonyl (C=O) groups excluding carboxylic acids is 3. The quantitative estimate of drug-likeness (QED) is 0.0365. The molecule has 0 heterocycles. The van der Waals surface area contributed by atoms with Crippen LogP contribution in [0.2, 0.25) is 0 Å². The van der Waals surface area contributed by atoms with Gasteiger partial charge in [0, 0.05) is 32.0 Å². The van der Waals surface area contributed by atoms with Gasteiger partial charge in [-0.25, -0.2) is 0 Å². The molecule has 0 aromatic heterocycles. The number of nitrogens with one attached hydrogen (secondary N) is 6. The second kappa shape index (κ2) is 21.8. The van der Waals surface area contributed by atoms with Gasteiger partial charge in [0.25, 0.3) is 0 Å². The van der Waals surface area contributed by atoms with Crippen LogP contribution in [0.4, 0.5) is 0 Å². The number of hydrogen-bond acceptors (Lipinski definition) is 6. The maximum atomic E-state index is 13.6. The van der Waals surface area contributed by atoms with E-state index in [1.54, 1.807) is 0 Å². The zero-order valence-corrected chi connectivity index (χ0v) is 30.6. The predicted octanol–water partition coefficient (Wildman–Crippen LogP) is 3.87. The number of unbranched alkanes of at least 4 members (excludes halogenated alkanes) is 1. The predicted molar refractivity (Wildman–Crippen MR) is 213 cm³/mol. The molecule has 3 amide bonds. The van der Waals surface area contributed by atoms with Gasteiger partial charge in [-0.05, 0) is 79.1 Å². The first kappa shape index (κ1) is 40.3. The molecule has 0 saturated heterocycles. The Balaban J connectivity index is 1.40. The summed E-state index contributed by atoms with van der Waals surface area (Å²) in [4.78, 5) is 40.4. The van der Waals surface area contributed by atoms with E-state index in [4.69, 9.17) is 16.9 Å². The molecule has 0 aliphatic carbocycles. The van der Waals surface area contributed by atoms with Crippen LogP contribution < -0.4 is 38.1 Å². The highest BCUT2D eigenvalue weighted by molar-refractivity contribution is 5.88. The number of guanidine groups is 1. The van der Waals surface area contributed by atoms with Crippen LogP contribution in [0.1, 0.15) is 43.2 Å². The summed E-state index contributed by atoms with van der Waals surface area (Å²) in [5.41, 5.74) is 18.0. The summed E-state index contributed by atoms with van der Waals surface area (Å²) in [6, 6.07) is 33.8. The fourth-order valence-corrected chi connectivity index (χ4v) is 6.06. The van der Waals surface area contributed by atoms with Crippen LogP contribution in [0.15, 0.2) is 109 Å².